The van der Waals surface area contributed by atoms with Crippen molar-refractivity contribution in [1.29, 1.82) is 0 Å². The number of imidazole rings is 1. The molecule has 1 aromatic heterocycles. The van der Waals surface area contributed by atoms with E-state index in [0.717, 1.165) is 29.8 Å². The quantitative estimate of drug-likeness (QED) is 0.593. The molecule has 0 atom stereocenters. The van der Waals surface area contributed by atoms with Gasteiger partial charge in [-0.15, -0.1) is 0 Å². The molecule has 160 valence electrons. The Hall–Kier alpha value is -3.41. The van der Waals surface area contributed by atoms with Crippen molar-refractivity contribution in [3.8, 4) is 16.9 Å². The number of hydrogen-bond acceptors (Lipinski definition) is 3. The van der Waals surface area contributed by atoms with Gasteiger partial charge in [-0.05, 0) is 30.9 Å². The first kappa shape index (κ1) is 20.8. The van der Waals surface area contributed by atoms with Gasteiger partial charge in [0.1, 0.15) is 0 Å². The van der Waals surface area contributed by atoms with E-state index in [1.807, 2.05) is 85.3 Å². The van der Waals surface area contributed by atoms with Crippen LogP contribution in [-0.2, 0) is 9.59 Å². The Bertz CT molecular complexity index is 1040. The molecule has 2 aromatic carbocycles. The lowest BCUT2D eigenvalue weighted by molar-refractivity contribution is -0.137. The standard InChI is InChI=1S/C25H28N4O2/c1-18(2)24(31)28(15-19-13-14-19)17-23(30)27-25-26-22(20-9-5-3-6-10-20)16-29(25)21-11-7-4-8-12-21/h3-12,16,18-19H,13-15,17H2,1-2H3,(H,26,27,30). The molecule has 1 heterocycles. The zero-order valence-electron chi connectivity index (χ0n) is 18.0. The highest BCUT2D eigenvalue weighted by Crippen LogP contribution is 2.30. The van der Waals surface area contributed by atoms with Gasteiger partial charge >= 0.3 is 0 Å². The summed E-state index contributed by atoms with van der Waals surface area (Å²) in [7, 11) is 0. The normalized spacial score (nSPS) is 13.3. The van der Waals surface area contributed by atoms with Gasteiger partial charge in [-0.1, -0.05) is 62.4 Å². The molecule has 6 heteroatoms. The number of nitrogens with one attached hydrogen (secondary N) is 1. The highest BCUT2D eigenvalue weighted by molar-refractivity contribution is 5.94. The number of anilines is 1. The molecule has 2 amide bonds. The third kappa shape index (κ3) is 5.20. The van der Waals surface area contributed by atoms with Crippen molar-refractivity contribution >= 4 is 17.8 Å². The first-order valence-electron chi connectivity index (χ1n) is 10.8. The van der Waals surface area contributed by atoms with Crippen LogP contribution in [0.5, 0.6) is 0 Å². The monoisotopic (exact) mass is 416 g/mol. The smallest absolute Gasteiger partial charge is 0.246 e. The number of carbonyl (C=O) groups is 2. The van der Waals surface area contributed by atoms with E-state index in [-0.39, 0.29) is 24.3 Å². The van der Waals surface area contributed by atoms with E-state index in [2.05, 4.69) is 10.3 Å². The number of amides is 2. The zero-order chi connectivity index (χ0) is 21.8. The minimum Gasteiger partial charge on any atom is -0.333 e. The van der Waals surface area contributed by atoms with Crippen LogP contribution in [0.15, 0.2) is 66.9 Å². The number of rotatable bonds is 8. The van der Waals surface area contributed by atoms with Crippen molar-refractivity contribution in [1.82, 2.24) is 14.5 Å². The van der Waals surface area contributed by atoms with Crippen LogP contribution in [0.4, 0.5) is 5.95 Å². The second-order valence-electron chi connectivity index (χ2n) is 8.39. The summed E-state index contributed by atoms with van der Waals surface area (Å²) in [5.41, 5.74) is 2.64. The van der Waals surface area contributed by atoms with Gasteiger partial charge in [0, 0.05) is 29.9 Å². The fourth-order valence-electron chi connectivity index (χ4n) is 3.55. The van der Waals surface area contributed by atoms with Crippen LogP contribution in [0.3, 0.4) is 0 Å². The maximum Gasteiger partial charge on any atom is 0.246 e. The largest absolute Gasteiger partial charge is 0.333 e. The van der Waals surface area contributed by atoms with Gasteiger partial charge in [-0.2, -0.15) is 0 Å². The number of nitrogens with zero attached hydrogens (tertiary/aromatic N) is 3. The number of para-hydroxylation sites is 1. The molecule has 0 radical (unpaired) electrons. The van der Waals surface area contributed by atoms with Crippen molar-refractivity contribution in [2.45, 2.75) is 26.7 Å². The van der Waals surface area contributed by atoms with E-state index in [1.165, 1.54) is 0 Å². The van der Waals surface area contributed by atoms with Crippen LogP contribution in [0.2, 0.25) is 0 Å². The summed E-state index contributed by atoms with van der Waals surface area (Å²) < 4.78 is 1.87. The van der Waals surface area contributed by atoms with Crippen LogP contribution < -0.4 is 5.32 Å². The average molecular weight is 417 g/mol. The summed E-state index contributed by atoms with van der Waals surface area (Å²) in [6.07, 6.45) is 4.17. The van der Waals surface area contributed by atoms with Crippen molar-refractivity contribution < 1.29 is 9.59 Å². The molecule has 0 unspecified atom stereocenters. The highest BCUT2D eigenvalue weighted by Gasteiger charge is 2.29. The second-order valence-corrected chi connectivity index (χ2v) is 8.39. The van der Waals surface area contributed by atoms with Gasteiger partial charge in [0.25, 0.3) is 0 Å². The summed E-state index contributed by atoms with van der Waals surface area (Å²) in [6, 6.07) is 19.6. The Balaban J connectivity index is 1.58. The molecule has 1 fully saturated rings. The van der Waals surface area contributed by atoms with Crippen LogP contribution in [-0.4, -0.2) is 39.4 Å². The van der Waals surface area contributed by atoms with Gasteiger partial charge < -0.3 is 4.90 Å². The molecule has 0 spiro atoms. The SMILES string of the molecule is CC(C)C(=O)N(CC(=O)Nc1nc(-c2ccccc2)cn1-c1ccccc1)CC1CC1. The molecule has 0 saturated heterocycles. The van der Waals surface area contributed by atoms with E-state index in [4.69, 9.17) is 0 Å². The van der Waals surface area contributed by atoms with Crippen LogP contribution >= 0.6 is 0 Å². The van der Waals surface area contributed by atoms with Gasteiger partial charge in [0.15, 0.2) is 0 Å². The van der Waals surface area contributed by atoms with E-state index < -0.39 is 0 Å². The lowest BCUT2D eigenvalue weighted by Crippen LogP contribution is -2.41. The lowest BCUT2D eigenvalue weighted by Gasteiger charge is -2.24. The van der Waals surface area contributed by atoms with E-state index >= 15 is 0 Å². The Morgan fingerprint density at radius 1 is 1.06 bits per heavy atom. The maximum absolute atomic E-state index is 12.9. The maximum atomic E-state index is 12.9. The fraction of sp³-hybridized carbons (Fsp3) is 0.320. The first-order valence-corrected chi connectivity index (χ1v) is 10.8. The molecule has 1 aliphatic rings. The van der Waals surface area contributed by atoms with Gasteiger partial charge in [-0.25, -0.2) is 4.98 Å². The summed E-state index contributed by atoms with van der Waals surface area (Å²) in [5.74, 6) is 0.600. The molecule has 0 bridgehead atoms. The van der Waals surface area contributed by atoms with Crippen molar-refractivity contribution in [2.75, 3.05) is 18.4 Å². The summed E-state index contributed by atoms with van der Waals surface area (Å²) in [4.78, 5) is 31.9. The van der Waals surface area contributed by atoms with Crippen LogP contribution in [0.1, 0.15) is 26.7 Å². The number of hydrogen-bond donors (Lipinski definition) is 1. The molecule has 1 saturated carbocycles. The number of benzene rings is 2. The molecule has 1 aliphatic carbocycles. The number of carbonyl (C=O) groups excluding carboxylic acids is 2. The van der Waals surface area contributed by atoms with Crippen molar-refractivity contribution in [3.63, 3.8) is 0 Å². The molecular formula is C25H28N4O2. The van der Waals surface area contributed by atoms with E-state index in [1.54, 1.807) is 4.90 Å². The van der Waals surface area contributed by atoms with Crippen LogP contribution in [0, 0.1) is 11.8 Å². The predicted molar refractivity (Wildman–Crippen MR) is 122 cm³/mol. The van der Waals surface area contributed by atoms with Gasteiger partial charge in [0.05, 0.1) is 12.2 Å². The van der Waals surface area contributed by atoms with E-state index in [0.29, 0.717) is 18.4 Å². The van der Waals surface area contributed by atoms with Gasteiger partial charge in [0.2, 0.25) is 17.8 Å². The molecule has 1 N–H and O–H groups in total. The lowest BCUT2D eigenvalue weighted by atomic mass is 10.2. The molecule has 6 nitrogen and oxygen atoms in total. The molecular weight excluding hydrogens is 388 g/mol. The Morgan fingerprint density at radius 3 is 2.32 bits per heavy atom. The topological polar surface area (TPSA) is 67.2 Å². The summed E-state index contributed by atoms with van der Waals surface area (Å²) >= 11 is 0. The molecule has 31 heavy (non-hydrogen) atoms. The number of aromatic nitrogens is 2. The average Bonchev–Trinajstić information content (AvgIpc) is 3.51. The molecule has 3 aromatic rings. The van der Waals surface area contributed by atoms with Crippen molar-refractivity contribution in [2.24, 2.45) is 11.8 Å². The first-order chi connectivity index (χ1) is 15.0. The van der Waals surface area contributed by atoms with Crippen molar-refractivity contribution in [3.05, 3.63) is 66.9 Å². The third-order valence-corrected chi connectivity index (χ3v) is 5.38. The van der Waals surface area contributed by atoms with Crippen LogP contribution in [0.25, 0.3) is 16.9 Å². The zero-order valence-corrected chi connectivity index (χ0v) is 18.0. The summed E-state index contributed by atoms with van der Waals surface area (Å²) in [5, 5.41) is 2.94. The highest BCUT2D eigenvalue weighted by atomic mass is 16.2. The summed E-state index contributed by atoms with van der Waals surface area (Å²) in [6.45, 7) is 4.42. The minimum absolute atomic E-state index is 0.0124. The molecule has 0 aliphatic heterocycles. The second kappa shape index (κ2) is 9.16. The minimum atomic E-state index is -0.239. The fourth-order valence-corrected chi connectivity index (χ4v) is 3.55. The Kier molecular flexibility index (Phi) is 6.16. The third-order valence-electron chi connectivity index (χ3n) is 5.38. The molecule has 4 rings (SSSR count). The Labute approximate surface area is 182 Å². The van der Waals surface area contributed by atoms with Gasteiger partial charge in [-0.3, -0.25) is 19.5 Å². The predicted octanol–water partition coefficient (Wildman–Crippen LogP) is 4.37. The van der Waals surface area contributed by atoms with E-state index in [9.17, 15) is 9.59 Å². The Morgan fingerprint density at radius 2 is 1.71 bits per heavy atom.